The molecule has 0 radical (unpaired) electrons. The average Bonchev–Trinajstić information content (AvgIpc) is 3.15. The van der Waals surface area contributed by atoms with Crippen LogP contribution in [0.5, 0.6) is 0 Å². The third-order valence-electron chi connectivity index (χ3n) is 3.02. The summed E-state index contributed by atoms with van der Waals surface area (Å²) in [7, 11) is -3.47. The molecular formula is C13H11N5O4S2. The predicted molar refractivity (Wildman–Crippen MR) is 85.4 cm³/mol. The van der Waals surface area contributed by atoms with Gasteiger partial charge in [0.05, 0.1) is 16.2 Å². The first-order chi connectivity index (χ1) is 11.4. The third-order valence-corrected chi connectivity index (χ3v) is 5.00. The molecule has 0 saturated heterocycles. The first-order valence-corrected chi connectivity index (χ1v) is 9.26. The second kappa shape index (κ2) is 6.09. The molecule has 9 nitrogen and oxygen atoms in total. The van der Waals surface area contributed by atoms with Crippen molar-refractivity contribution in [2.75, 3.05) is 11.6 Å². The zero-order valence-corrected chi connectivity index (χ0v) is 14.2. The molecule has 0 spiro atoms. The monoisotopic (exact) mass is 365 g/mol. The van der Waals surface area contributed by atoms with Gasteiger partial charge >= 0.3 is 6.01 Å². The minimum Gasteiger partial charge on any atom is -0.403 e. The van der Waals surface area contributed by atoms with Crippen LogP contribution in [0.15, 0.2) is 33.6 Å². The van der Waals surface area contributed by atoms with Crippen molar-refractivity contribution in [1.82, 2.24) is 19.8 Å². The standard InChI is InChI=1S/C13H11N5O4S2/c1-7-10(23-18-15-7)11(19)14-13-17-16-12(22-13)8-5-3-4-6-9(8)24(2,20)21/h3-6H,1-2H3,(H,14,17,19). The molecule has 0 aliphatic rings. The Hall–Kier alpha value is -2.66. The van der Waals surface area contributed by atoms with Gasteiger partial charge in [-0.3, -0.25) is 10.1 Å². The van der Waals surface area contributed by atoms with E-state index in [0.29, 0.717) is 10.6 Å². The molecule has 3 aromatic rings. The molecule has 0 aliphatic carbocycles. The maximum atomic E-state index is 12.1. The minimum atomic E-state index is -3.47. The molecule has 0 aliphatic heterocycles. The Balaban J connectivity index is 1.90. The summed E-state index contributed by atoms with van der Waals surface area (Å²) in [6, 6.07) is 6.09. The van der Waals surface area contributed by atoms with Gasteiger partial charge in [-0.25, -0.2) is 8.42 Å². The molecule has 1 N–H and O–H groups in total. The third kappa shape index (κ3) is 3.16. The summed E-state index contributed by atoms with van der Waals surface area (Å²) in [5, 5.41) is 13.7. The molecule has 124 valence electrons. The van der Waals surface area contributed by atoms with E-state index in [9.17, 15) is 13.2 Å². The highest BCUT2D eigenvalue weighted by Gasteiger charge is 2.20. The van der Waals surface area contributed by atoms with Gasteiger partial charge in [-0.1, -0.05) is 21.7 Å². The second-order valence-corrected chi connectivity index (χ2v) is 7.56. The summed E-state index contributed by atoms with van der Waals surface area (Å²) in [5.74, 6) is -0.487. The van der Waals surface area contributed by atoms with E-state index in [-0.39, 0.29) is 22.4 Å². The lowest BCUT2D eigenvalue weighted by Gasteiger charge is -2.03. The fourth-order valence-corrected chi connectivity index (χ4v) is 3.38. The quantitative estimate of drug-likeness (QED) is 0.737. The number of benzene rings is 1. The molecule has 3 rings (SSSR count). The molecule has 0 fully saturated rings. The lowest BCUT2D eigenvalue weighted by Crippen LogP contribution is -2.11. The second-order valence-electron chi connectivity index (χ2n) is 4.82. The molecule has 24 heavy (non-hydrogen) atoms. The largest absolute Gasteiger partial charge is 0.403 e. The SMILES string of the molecule is Cc1nnsc1C(=O)Nc1nnc(-c2ccccc2S(C)(=O)=O)o1. The molecule has 0 saturated carbocycles. The van der Waals surface area contributed by atoms with E-state index in [1.165, 1.54) is 6.07 Å². The van der Waals surface area contributed by atoms with Crippen LogP contribution < -0.4 is 5.32 Å². The fourth-order valence-electron chi connectivity index (χ4n) is 1.94. The average molecular weight is 365 g/mol. The van der Waals surface area contributed by atoms with Crippen molar-refractivity contribution in [3.63, 3.8) is 0 Å². The molecule has 11 heteroatoms. The van der Waals surface area contributed by atoms with Gasteiger partial charge in [0.15, 0.2) is 9.84 Å². The van der Waals surface area contributed by atoms with E-state index in [1.54, 1.807) is 25.1 Å². The van der Waals surface area contributed by atoms with Crippen LogP contribution in [-0.4, -0.2) is 40.4 Å². The summed E-state index contributed by atoms with van der Waals surface area (Å²) >= 11 is 0.944. The van der Waals surface area contributed by atoms with E-state index in [0.717, 1.165) is 17.8 Å². The fraction of sp³-hybridized carbons (Fsp3) is 0.154. The van der Waals surface area contributed by atoms with Crippen LogP contribution in [0.4, 0.5) is 6.01 Å². The number of rotatable bonds is 4. The van der Waals surface area contributed by atoms with Crippen LogP contribution in [0.3, 0.4) is 0 Å². The van der Waals surface area contributed by atoms with Crippen LogP contribution in [0.25, 0.3) is 11.5 Å². The highest BCUT2D eigenvalue weighted by atomic mass is 32.2. The minimum absolute atomic E-state index is 0.00882. The van der Waals surface area contributed by atoms with Gasteiger partial charge in [0.25, 0.3) is 11.8 Å². The molecule has 0 atom stereocenters. The van der Waals surface area contributed by atoms with E-state index in [4.69, 9.17) is 4.42 Å². The van der Waals surface area contributed by atoms with E-state index < -0.39 is 15.7 Å². The van der Waals surface area contributed by atoms with E-state index in [2.05, 4.69) is 25.1 Å². The number of aromatic nitrogens is 4. The summed E-state index contributed by atoms with van der Waals surface area (Å²) < 4.78 is 32.7. The zero-order chi connectivity index (χ0) is 17.3. The number of amides is 1. The normalized spacial score (nSPS) is 11.4. The molecule has 1 aromatic carbocycles. The maximum Gasteiger partial charge on any atom is 0.322 e. The van der Waals surface area contributed by atoms with Crippen LogP contribution in [0.1, 0.15) is 15.4 Å². The van der Waals surface area contributed by atoms with E-state index in [1.807, 2.05) is 0 Å². The van der Waals surface area contributed by atoms with Gasteiger partial charge in [-0.05, 0) is 30.6 Å². The molecular weight excluding hydrogens is 354 g/mol. The molecule has 1 amide bonds. The highest BCUT2D eigenvalue weighted by molar-refractivity contribution is 7.90. The van der Waals surface area contributed by atoms with Crippen LogP contribution >= 0.6 is 11.5 Å². The Morgan fingerprint density at radius 1 is 1.21 bits per heavy atom. The van der Waals surface area contributed by atoms with Gasteiger partial charge in [0.1, 0.15) is 4.88 Å². The number of carbonyl (C=O) groups excluding carboxylic acids is 1. The predicted octanol–water partition coefficient (Wildman–Crippen LogP) is 1.55. The van der Waals surface area contributed by atoms with Crippen molar-refractivity contribution in [2.45, 2.75) is 11.8 Å². The molecule has 0 bridgehead atoms. The summed E-state index contributed by atoms with van der Waals surface area (Å²) in [6.07, 6.45) is 1.09. The Bertz CT molecular complexity index is 1010. The van der Waals surface area contributed by atoms with Gasteiger partial charge in [0.2, 0.25) is 0 Å². The van der Waals surface area contributed by atoms with Gasteiger partial charge in [-0.15, -0.1) is 10.2 Å². The Morgan fingerprint density at radius 2 is 1.96 bits per heavy atom. The van der Waals surface area contributed by atoms with Crippen molar-refractivity contribution in [1.29, 1.82) is 0 Å². The van der Waals surface area contributed by atoms with Gasteiger partial charge in [-0.2, -0.15) is 0 Å². The van der Waals surface area contributed by atoms with Crippen LogP contribution in [-0.2, 0) is 9.84 Å². The number of aryl methyl sites for hydroxylation is 1. The summed E-state index contributed by atoms with van der Waals surface area (Å²) in [4.78, 5) is 12.5. The van der Waals surface area contributed by atoms with Gasteiger partial charge < -0.3 is 4.42 Å². The number of anilines is 1. The highest BCUT2D eigenvalue weighted by Crippen LogP contribution is 2.27. The molecule has 2 aromatic heterocycles. The number of nitrogens with zero attached hydrogens (tertiary/aromatic N) is 4. The summed E-state index contributed by atoms with van der Waals surface area (Å²) in [5.41, 5.74) is 0.753. The lowest BCUT2D eigenvalue weighted by atomic mass is 10.2. The smallest absolute Gasteiger partial charge is 0.322 e. The van der Waals surface area contributed by atoms with Crippen LogP contribution in [0, 0.1) is 6.92 Å². The topological polar surface area (TPSA) is 128 Å². The first kappa shape index (κ1) is 16.2. The van der Waals surface area contributed by atoms with Crippen molar-refractivity contribution in [3.05, 3.63) is 34.8 Å². The number of sulfone groups is 1. The number of nitrogens with one attached hydrogen (secondary N) is 1. The first-order valence-electron chi connectivity index (χ1n) is 6.59. The number of carbonyl (C=O) groups is 1. The van der Waals surface area contributed by atoms with Crippen LogP contribution in [0.2, 0.25) is 0 Å². The maximum absolute atomic E-state index is 12.1. The van der Waals surface area contributed by atoms with Crippen molar-refractivity contribution < 1.29 is 17.6 Å². The Labute approximate surface area is 140 Å². The Morgan fingerprint density at radius 3 is 2.62 bits per heavy atom. The summed E-state index contributed by atoms with van der Waals surface area (Å²) in [6.45, 7) is 1.65. The molecule has 0 unspecified atom stereocenters. The van der Waals surface area contributed by atoms with Gasteiger partial charge in [0, 0.05) is 6.26 Å². The number of hydrogen-bond acceptors (Lipinski definition) is 9. The van der Waals surface area contributed by atoms with Crippen molar-refractivity contribution >= 4 is 33.3 Å². The van der Waals surface area contributed by atoms with Crippen molar-refractivity contribution in [2.24, 2.45) is 0 Å². The van der Waals surface area contributed by atoms with Crippen molar-refractivity contribution in [3.8, 4) is 11.5 Å². The Kier molecular flexibility index (Phi) is 4.11. The zero-order valence-electron chi connectivity index (χ0n) is 12.5. The lowest BCUT2D eigenvalue weighted by molar-refractivity contribution is 0.102. The van der Waals surface area contributed by atoms with E-state index >= 15 is 0 Å². The number of hydrogen-bond donors (Lipinski definition) is 1. The molecule has 2 heterocycles.